The van der Waals surface area contributed by atoms with Gasteiger partial charge >= 0.3 is 0 Å². The van der Waals surface area contributed by atoms with Crippen molar-refractivity contribution in [3.05, 3.63) is 0 Å². The maximum atomic E-state index is 12.2. The molecule has 0 aromatic rings. The average molecular weight is 256 g/mol. The SMILES string of the molecule is CC(C)C[C@H](CN)CC(=O)N1CCC(O)C(C)C1. The Bertz CT molecular complexity index is 269. The summed E-state index contributed by atoms with van der Waals surface area (Å²) in [5.41, 5.74) is 5.74. The Morgan fingerprint density at radius 1 is 1.50 bits per heavy atom. The van der Waals surface area contributed by atoms with Crippen LogP contribution in [0.3, 0.4) is 0 Å². The van der Waals surface area contributed by atoms with Gasteiger partial charge in [-0.2, -0.15) is 0 Å². The van der Waals surface area contributed by atoms with Gasteiger partial charge in [-0.15, -0.1) is 0 Å². The minimum atomic E-state index is -0.255. The summed E-state index contributed by atoms with van der Waals surface area (Å²) >= 11 is 0. The zero-order chi connectivity index (χ0) is 13.7. The molecule has 1 amide bonds. The quantitative estimate of drug-likeness (QED) is 0.777. The van der Waals surface area contributed by atoms with Crippen LogP contribution in [0.2, 0.25) is 0 Å². The van der Waals surface area contributed by atoms with Crippen molar-refractivity contribution in [3.8, 4) is 0 Å². The molecular formula is C14H28N2O2. The molecule has 1 saturated heterocycles. The lowest BCUT2D eigenvalue weighted by atomic mass is 9.92. The number of aliphatic hydroxyl groups excluding tert-OH is 1. The molecule has 0 aromatic heterocycles. The molecule has 1 rings (SSSR count). The Kier molecular flexibility index (Phi) is 6.09. The number of amides is 1. The highest BCUT2D eigenvalue weighted by Gasteiger charge is 2.28. The molecule has 1 aliphatic heterocycles. The fraction of sp³-hybridized carbons (Fsp3) is 0.929. The number of piperidine rings is 1. The monoisotopic (exact) mass is 256 g/mol. The van der Waals surface area contributed by atoms with Crippen LogP contribution >= 0.6 is 0 Å². The Hall–Kier alpha value is -0.610. The number of aliphatic hydroxyl groups is 1. The van der Waals surface area contributed by atoms with Crippen molar-refractivity contribution in [1.29, 1.82) is 0 Å². The van der Waals surface area contributed by atoms with E-state index >= 15 is 0 Å². The van der Waals surface area contributed by atoms with Gasteiger partial charge < -0.3 is 15.7 Å². The van der Waals surface area contributed by atoms with Gasteiger partial charge in [-0.3, -0.25) is 4.79 Å². The maximum absolute atomic E-state index is 12.2. The highest BCUT2D eigenvalue weighted by Crippen LogP contribution is 2.20. The highest BCUT2D eigenvalue weighted by atomic mass is 16.3. The van der Waals surface area contributed by atoms with Crippen LogP contribution < -0.4 is 5.73 Å². The smallest absolute Gasteiger partial charge is 0.222 e. The number of hydrogen-bond donors (Lipinski definition) is 2. The Labute approximate surface area is 111 Å². The summed E-state index contributed by atoms with van der Waals surface area (Å²) in [6.45, 7) is 8.26. The van der Waals surface area contributed by atoms with Gasteiger partial charge in [0.15, 0.2) is 0 Å². The minimum absolute atomic E-state index is 0.184. The summed E-state index contributed by atoms with van der Waals surface area (Å²) in [6, 6.07) is 0. The second kappa shape index (κ2) is 7.10. The highest BCUT2D eigenvalue weighted by molar-refractivity contribution is 5.76. The molecule has 4 heteroatoms. The number of nitrogens with zero attached hydrogens (tertiary/aromatic N) is 1. The standard InChI is InChI=1S/C14H28N2O2/c1-10(2)6-12(8-15)7-14(18)16-5-4-13(17)11(3)9-16/h10-13,17H,4-9,15H2,1-3H3/t11?,12-,13?/m0/s1. The lowest BCUT2D eigenvalue weighted by molar-refractivity contribution is -0.135. The van der Waals surface area contributed by atoms with Crippen LogP contribution in [0.1, 0.15) is 40.0 Å². The number of rotatable bonds is 5. The third kappa shape index (κ3) is 4.58. The summed E-state index contributed by atoms with van der Waals surface area (Å²) < 4.78 is 0. The van der Waals surface area contributed by atoms with Crippen LogP contribution in [0, 0.1) is 17.8 Å². The van der Waals surface area contributed by atoms with E-state index in [9.17, 15) is 9.90 Å². The maximum Gasteiger partial charge on any atom is 0.222 e. The molecule has 1 fully saturated rings. The van der Waals surface area contributed by atoms with E-state index in [1.807, 2.05) is 11.8 Å². The van der Waals surface area contributed by atoms with Crippen LogP contribution in [0.25, 0.3) is 0 Å². The fourth-order valence-electron chi connectivity index (χ4n) is 2.67. The van der Waals surface area contributed by atoms with Crippen molar-refractivity contribution in [2.45, 2.75) is 46.1 Å². The predicted molar refractivity (Wildman–Crippen MR) is 73.0 cm³/mol. The van der Waals surface area contributed by atoms with Gasteiger partial charge in [0, 0.05) is 19.5 Å². The first-order valence-electron chi connectivity index (χ1n) is 7.10. The van der Waals surface area contributed by atoms with E-state index in [1.165, 1.54) is 0 Å². The number of carbonyl (C=O) groups is 1. The Morgan fingerprint density at radius 2 is 2.17 bits per heavy atom. The first kappa shape index (κ1) is 15.4. The first-order valence-corrected chi connectivity index (χ1v) is 7.10. The molecule has 2 unspecified atom stereocenters. The zero-order valence-electron chi connectivity index (χ0n) is 11.9. The number of nitrogens with two attached hydrogens (primary N) is 1. The summed E-state index contributed by atoms with van der Waals surface area (Å²) in [7, 11) is 0. The van der Waals surface area contributed by atoms with Crippen molar-refractivity contribution in [3.63, 3.8) is 0 Å². The molecule has 0 radical (unpaired) electrons. The van der Waals surface area contributed by atoms with E-state index in [0.717, 1.165) is 6.42 Å². The molecule has 1 aliphatic rings. The van der Waals surface area contributed by atoms with Crippen LogP contribution in [-0.4, -0.2) is 41.7 Å². The third-order valence-corrected chi connectivity index (χ3v) is 3.81. The molecule has 18 heavy (non-hydrogen) atoms. The van der Waals surface area contributed by atoms with E-state index in [2.05, 4.69) is 13.8 Å². The van der Waals surface area contributed by atoms with Crippen molar-refractivity contribution >= 4 is 5.91 Å². The molecule has 3 N–H and O–H groups in total. The van der Waals surface area contributed by atoms with Crippen LogP contribution in [0.5, 0.6) is 0 Å². The van der Waals surface area contributed by atoms with Gasteiger partial charge in [-0.05, 0) is 37.1 Å². The second-order valence-corrected chi connectivity index (χ2v) is 6.11. The normalized spacial score (nSPS) is 26.4. The molecule has 1 heterocycles. The Balaban J connectivity index is 2.44. The molecule has 106 valence electrons. The van der Waals surface area contributed by atoms with Gasteiger partial charge in [0.25, 0.3) is 0 Å². The minimum Gasteiger partial charge on any atom is -0.393 e. The van der Waals surface area contributed by atoms with Gasteiger partial charge in [0.2, 0.25) is 5.91 Å². The van der Waals surface area contributed by atoms with Gasteiger partial charge in [0.1, 0.15) is 0 Å². The zero-order valence-corrected chi connectivity index (χ0v) is 11.9. The van der Waals surface area contributed by atoms with Gasteiger partial charge in [-0.25, -0.2) is 0 Å². The molecular weight excluding hydrogens is 228 g/mol. The molecule has 3 atom stereocenters. The Morgan fingerprint density at radius 3 is 2.67 bits per heavy atom. The largest absolute Gasteiger partial charge is 0.393 e. The summed E-state index contributed by atoms with van der Waals surface area (Å²) in [4.78, 5) is 14.1. The molecule has 4 nitrogen and oxygen atoms in total. The van der Waals surface area contributed by atoms with Crippen molar-refractivity contribution < 1.29 is 9.90 Å². The number of hydrogen-bond acceptors (Lipinski definition) is 3. The van der Waals surface area contributed by atoms with Gasteiger partial charge in [0.05, 0.1) is 6.10 Å². The molecule has 0 aromatic carbocycles. The lowest BCUT2D eigenvalue weighted by Crippen LogP contribution is -2.45. The molecule has 0 saturated carbocycles. The predicted octanol–water partition coefficient (Wildman–Crippen LogP) is 1.23. The average Bonchev–Trinajstić information content (AvgIpc) is 2.31. The first-order chi connectivity index (χ1) is 8.43. The van der Waals surface area contributed by atoms with E-state index in [-0.39, 0.29) is 17.9 Å². The van der Waals surface area contributed by atoms with Crippen molar-refractivity contribution in [2.75, 3.05) is 19.6 Å². The molecule has 0 bridgehead atoms. The van der Waals surface area contributed by atoms with Crippen molar-refractivity contribution in [1.82, 2.24) is 4.90 Å². The van der Waals surface area contributed by atoms with E-state index in [1.54, 1.807) is 0 Å². The van der Waals surface area contributed by atoms with Crippen LogP contribution in [0.4, 0.5) is 0 Å². The fourth-order valence-corrected chi connectivity index (χ4v) is 2.67. The number of likely N-dealkylation sites (tertiary alicyclic amines) is 1. The lowest BCUT2D eigenvalue weighted by Gasteiger charge is -2.35. The van der Waals surface area contributed by atoms with E-state index in [4.69, 9.17) is 5.73 Å². The van der Waals surface area contributed by atoms with Crippen LogP contribution in [-0.2, 0) is 4.79 Å². The van der Waals surface area contributed by atoms with Crippen LogP contribution in [0.15, 0.2) is 0 Å². The summed E-state index contributed by atoms with van der Waals surface area (Å²) in [5.74, 6) is 1.25. The van der Waals surface area contributed by atoms with E-state index in [0.29, 0.717) is 44.3 Å². The second-order valence-electron chi connectivity index (χ2n) is 6.11. The van der Waals surface area contributed by atoms with E-state index < -0.39 is 0 Å². The molecule has 0 aliphatic carbocycles. The topological polar surface area (TPSA) is 66.6 Å². The third-order valence-electron chi connectivity index (χ3n) is 3.81. The number of carbonyl (C=O) groups excluding carboxylic acids is 1. The molecule has 0 spiro atoms. The summed E-state index contributed by atoms with van der Waals surface area (Å²) in [6.07, 6.45) is 2.01. The van der Waals surface area contributed by atoms with Crippen molar-refractivity contribution in [2.24, 2.45) is 23.5 Å². The summed E-state index contributed by atoms with van der Waals surface area (Å²) in [5, 5.41) is 9.67. The van der Waals surface area contributed by atoms with Gasteiger partial charge in [-0.1, -0.05) is 20.8 Å².